The van der Waals surface area contributed by atoms with Gasteiger partial charge in [-0.2, -0.15) is 5.26 Å². The topological polar surface area (TPSA) is 65.9 Å². The fraction of sp³-hybridized carbons (Fsp3) is 0.0667. The summed E-state index contributed by atoms with van der Waals surface area (Å²) in [5.74, 6) is 0.459. The first-order chi connectivity index (χ1) is 9.29. The zero-order valence-electron chi connectivity index (χ0n) is 10.2. The van der Waals surface area contributed by atoms with Gasteiger partial charge in [0, 0.05) is 24.2 Å². The molecule has 92 valence electrons. The number of fused-ring (bicyclic) bond motifs is 1. The van der Waals surface area contributed by atoms with Gasteiger partial charge in [-0.3, -0.25) is 0 Å². The SMILES string of the molecule is N#Cc1cccc2nc(N)cc(N3C=CC=CC3)c12. The van der Waals surface area contributed by atoms with Crippen LogP contribution in [0.1, 0.15) is 5.56 Å². The summed E-state index contributed by atoms with van der Waals surface area (Å²) >= 11 is 0. The molecule has 0 spiro atoms. The molecule has 0 atom stereocenters. The van der Waals surface area contributed by atoms with Crippen molar-refractivity contribution >= 4 is 22.4 Å². The summed E-state index contributed by atoms with van der Waals surface area (Å²) in [6.07, 6.45) is 7.98. The van der Waals surface area contributed by atoms with E-state index in [1.807, 2.05) is 36.6 Å². The molecule has 0 bridgehead atoms. The van der Waals surface area contributed by atoms with Crippen LogP contribution < -0.4 is 10.6 Å². The molecule has 1 aliphatic rings. The van der Waals surface area contributed by atoms with Crippen LogP contribution in [0.5, 0.6) is 0 Å². The Hall–Kier alpha value is -2.80. The predicted molar refractivity (Wildman–Crippen MR) is 76.5 cm³/mol. The minimum atomic E-state index is 0.459. The summed E-state index contributed by atoms with van der Waals surface area (Å²) in [5.41, 5.74) is 8.14. The van der Waals surface area contributed by atoms with E-state index in [9.17, 15) is 5.26 Å². The highest BCUT2D eigenvalue weighted by atomic mass is 15.1. The number of benzene rings is 1. The number of rotatable bonds is 1. The Bertz CT molecular complexity index is 738. The van der Waals surface area contributed by atoms with Gasteiger partial charge in [0.15, 0.2) is 0 Å². The molecular formula is C15H12N4. The van der Waals surface area contributed by atoms with Crippen molar-refractivity contribution in [1.29, 1.82) is 5.26 Å². The number of nitrogen functional groups attached to an aromatic ring is 1. The number of hydrogen-bond donors (Lipinski definition) is 1. The maximum Gasteiger partial charge on any atom is 0.126 e. The van der Waals surface area contributed by atoms with E-state index < -0.39 is 0 Å². The molecule has 0 fully saturated rings. The van der Waals surface area contributed by atoms with Crippen molar-refractivity contribution in [3.05, 3.63) is 54.3 Å². The quantitative estimate of drug-likeness (QED) is 0.842. The third kappa shape index (κ3) is 1.91. The van der Waals surface area contributed by atoms with E-state index in [0.717, 1.165) is 23.1 Å². The predicted octanol–water partition coefficient (Wildman–Crippen LogP) is 2.58. The van der Waals surface area contributed by atoms with Crippen LogP contribution >= 0.6 is 0 Å². The normalized spacial score (nSPS) is 13.7. The lowest BCUT2D eigenvalue weighted by molar-refractivity contribution is 1.08. The van der Waals surface area contributed by atoms with Gasteiger partial charge in [-0.15, -0.1) is 0 Å². The smallest absolute Gasteiger partial charge is 0.126 e. The van der Waals surface area contributed by atoms with Crippen molar-refractivity contribution in [2.45, 2.75) is 0 Å². The molecule has 2 N–H and O–H groups in total. The van der Waals surface area contributed by atoms with Crippen molar-refractivity contribution in [1.82, 2.24) is 4.98 Å². The van der Waals surface area contributed by atoms with Crippen molar-refractivity contribution in [2.75, 3.05) is 17.2 Å². The lowest BCUT2D eigenvalue weighted by atomic mass is 10.1. The molecule has 0 amide bonds. The number of aromatic nitrogens is 1. The third-order valence-corrected chi connectivity index (χ3v) is 3.08. The van der Waals surface area contributed by atoms with E-state index in [1.54, 1.807) is 6.07 Å². The average Bonchev–Trinajstić information content (AvgIpc) is 2.46. The van der Waals surface area contributed by atoms with Crippen molar-refractivity contribution in [2.24, 2.45) is 0 Å². The molecule has 4 nitrogen and oxygen atoms in total. The summed E-state index contributed by atoms with van der Waals surface area (Å²) in [7, 11) is 0. The highest BCUT2D eigenvalue weighted by molar-refractivity contribution is 5.98. The Morgan fingerprint density at radius 2 is 2.21 bits per heavy atom. The number of hydrogen-bond acceptors (Lipinski definition) is 4. The fourth-order valence-electron chi connectivity index (χ4n) is 2.25. The molecule has 4 heteroatoms. The summed E-state index contributed by atoms with van der Waals surface area (Å²) in [6.45, 7) is 0.759. The molecule has 1 aromatic heterocycles. The Labute approximate surface area is 111 Å². The Kier molecular flexibility index (Phi) is 2.66. The Morgan fingerprint density at radius 1 is 1.32 bits per heavy atom. The number of allylic oxidation sites excluding steroid dienone is 2. The monoisotopic (exact) mass is 248 g/mol. The van der Waals surface area contributed by atoms with Crippen molar-refractivity contribution in [3.63, 3.8) is 0 Å². The van der Waals surface area contributed by atoms with Gasteiger partial charge in [0.05, 0.1) is 22.8 Å². The van der Waals surface area contributed by atoms with E-state index in [4.69, 9.17) is 5.73 Å². The second-order valence-electron chi connectivity index (χ2n) is 4.30. The van der Waals surface area contributed by atoms with Gasteiger partial charge in [0.2, 0.25) is 0 Å². The average molecular weight is 248 g/mol. The first-order valence-corrected chi connectivity index (χ1v) is 5.99. The van der Waals surface area contributed by atoms with Crippen LogP contribution in [0, 0.1) is 11.3 Å². The largest absolute Gasteiger partial charge is 0.384 e. The molecule has 2 aromatic rings. The van der Waals surface area contributed by atoms with Crippen LogP contribution in [0.3, 0.4) is 0 Å². The number of nitrogens with two attached hydrogens (primary N) is 1. The van der Waals surface area contributed by atoms with Crippen LogP contribution in [-0.2, 0) is 0 Å². The Morgan fingerprint density at radius 3 is 2.95 bits per heavy atom. The van der Waals surface area contributed by atoms with E-state index in [0.29, 0.717) is 11.4 Å². The summed E-state index contributed by atoms with van der Waals surface area (Å²) in [5, 5.41) is 10.1. The number of nitriles is 1. The standard InChI is InChI=1S/C15H12N4/c16-10-11-5-4-6-12-15(11)13(9-14(17)18-12)19-7-2-1-3-8-19/h1-7,9H,8H2,(H2,17,18). The molecule has 1 aliphatic heterocycles. The van der Waals surface area contributed by atoms with Gasteiger partial charge in [-0.25, -0.2) is 4.98 Å². The van der Waals surface area contributed by atoms with E-state index in [1.165, 1.54) is 0 Å². The minimum Gasteiger partial charge on any atom is -0.384 e. The van der Waals surface area contributed by atoms with Gasteiger partial charge in [0.25, 0.3) is 0 Å². The van der Waals surface area contributed by atoms with Gasteiger partial charge in [0.1, 0.15) is 5.82 Å². The molecule has 0 saturated carbocycles. The fourth-order valence-corrected chi connectivity index (χ4v) is 2.25. The van der Waals surface area contributed by atoms with Gasteiger partial charge >= 0.3 is 0 Å². The number of anilines is 2. The lowest BCUT2D eigenvalue weighted by Crippen LogP contribution is -2.18. The molecule has 0 aliphatic carbocycles. The van der Waals surface area contributed by atoms with Gasteiger partial charge in [-0.1, -0.05) is 18.2 Å². The molecule has 0 unspecified atom stereocenters. The van der Waals surface area contributed by atoms with E-state index in [-0.39, 0.29) is 0 Å². The van der Waals surface area contributed by atoms with Crippen molar-refractivity contribution < 1.29 is 0 Å². The van der Waals surface area contributed by atoms with Crippen LogP contribution in [0.15, 0.2) is 48.7 Å². The zero-order chi connectivity index (χ0) is 13.2. The molecule has 0 radical (unpaired) electrons. The zero-order valence-corrected chi connectivity index (χ0v) is 10.2. The van der Waals surface area contributed by atoms with Crippen LogP contribution in [0.25, 0.3) is 10.9 Å². The maximum atomic E-state index is 9.27. The van der Waals surface area contributed by atoms with Crippen molar-refractivity contribution in [3.8, 4) is 6.07 Å². The molecule has 2 heterocycles. The molecule has 0 saturated heterocycles. The molecule has 1 aromatic carbocycles. The van der Waals surface area contributed by atoms with E-state index >= 15 is 0 Å². The number of pyridine rings is 1. The number of nitrogens with zero attached hydrogens (tertiary/aromatic N) is 3. The maximum absolute atomic E-state index is 9.27. The van der Waals surface area contributed by atoms with E-state index in [2.05, 4.69) is 22.0 Å². The Balaban J connectivity index is 2.31. The van der Waals surface area contributed by atoms with Crippen LogP contribution in [0.2, 0.25) is 0 Å². The summed E-state index contributed by atoms with van der Waals surface area (Å²) in [6, 6.07) is 9.53. The molecule has 3 rings (SSSR count). The highest BCUT2D eigenvalue weighted by Crippen LogP contribution is 2.31. The first kappa shape index (κ1) is 11.3. The second kappa shape index (κ2) is 4.46. The minimum absolute atomic E-state index is 0.459. The lowest BCUT2D eigenvalue weighted by Gasteiger charge is -2.23. The summed E-state index contributed by atoms with van der Waals surface area (Å²) < 4.78 is 0. The van der Waals surface area contributed by atoms with Gasteiger partial charge in [-0.05, 0) is 18.2 Å². The van der Waals surface area contributed by atoms with Gasteiger partial charge < -0.3 is 10.6 Å². The first-order valence-electron chi connectivity index (χ1n) is 5.99. The second-order valence-corrected chi connectivity index (χ2v) is 4.30. The summed E-state index contributed by atoms with van der Waals surface area (Å²) in [4.78, 5) is 6.35. The van der Waals surface area contributed by atoms with Crippen LogP contribution in [0.4, 0.5) is 11.5 Å². The van der Waals surface area contributed by atoms with Crippen LogP contribution in [-0.4, -0.2) is 11.5 Å². The highest BCUT2D eigenvalue weighted by Gasteiger charge is 2.13. The molecular weight excluding hydrogens is 236 g/mol. The molecule has 19 heavy (non-hydrogen) atoms. The third-order valence-electron chi connectivity index (χ3n) is 3.08.